The Morgan fingerprint density at radius 1 is 1.42 bits per heavy atom. The smallest absolute Gasteiger partial charge is 0.242 e. The molecule has 1 aromatic carbocycles. The standard InChI is InChI=1S/C13H14Cl2N2O2/c14-9-5-4-8(10(15)6-9)7-16-13(19)11-2-1-3-12(18)17-11/h4-6,11H,1-3,7H2,(H,16,19)(H,17,18). The number of benzene rings is 1. The summed E-state index contributed by atoms with van der Waals surface area (Å²) in [5.74, 6) is -0.255. The average Bonchev–Trinajstić information content (AvgIpc) is 2.37. The van der Waals surface area contributed by atoms with Crippen molar-refractivity contribution < 1.29 is 9.59 Å². The van der Waals surface area contributed by atoms with Crippen LogP contribution in [0.4, 0.5) is 0 Å². The van der Waals surface area contributed by atoms with Crippen molar-refractivity contribution >= 4 is 35.0 Å². The van der Waals surface area contributed by atoms with E-state index in [0.717, 1.165) is 12.0 Å². The highest BCUT2D eigenvalue weighted by Crippen LogP contribution is 2.20. The van der Waals surface area contributed by atoms with Gasteiger partial charge in [-0.05, 0) is 30.5 Å². The molecule has 0 saturated carbocycles. The summed E-state index contributed by atoms with van der Waals surface area (Å²) in [5.41, 5.74) is 0.793. The zero-order valence-electron chi connectivity index (χ0n) is 10.2. The number of hydrogen-bond acceptors (Lipinski definition) is 2. The van der Waals surface area contributed by atoms with Crippen LogP contribution in [0.25, 0.3) is 0 Å². The predicted octanol–water partition coefficient (Wildman–Crippen LogP) is 2.28. The molecule has 4 nitrogen and oxygen atoms in total. The zero-order valence-corrected chi connectivity index (χ0v) is 11.7. The number of piperidine rings is 1. The first-order valence-corrected chi connectivity index (χ1v) is 6.83. The van der Waals surface area contributed by atoms with Gasteiger partial charge in [-0.15, -0.1) is 0 Å². The lowest BCUT2D eigenvalue weighted by Gasteiger charge is -2.22. The highest BCUT2D eigenvalue weighted by atomic mass is 35.5. The molecule has 1 fully saturated rings. The van der Waals surface area contributed by atoms with Gasteiger partial charge in [0.1, 0.15) is 6.04 Å². The first kappa shape index (κ1) is 14.2. The Bertz CT molecular complexity index is 505. The summed E-state index contributed by atoms with van der Waals surface area (Å²) in [6.07, 6.45) is 1.91. The second-order valence-corrected chi connectivity index (χ2v) is 5.31. The van der Waals surface area contributed by atoms with Crippen LogP contribution < -0.4 is 10.6 Å². The van der Waals surface area contributed by atoms with Gasteiger partial charge in [0.25, 0.3) is 0 Å². The quantitative estimate of drug-likeness (QED) is 0.900. The molecule has 0 aliphatic carbocycles. The van der Waals surface area contributed by atoms with Gasteiger partial charge in [0.2, 0.25) is 11.8 Å². The average molecular weight is 301 g/mol. The molecule has 1 heterocycles. The Kier molecular flexibility index (Phi) is 4.66. The van der Waals surface area contributed by atoms with E-state index in [1.807, 2.05) is 0 Å². The second-order valence-electron chi connectivity index (χ2n) is 4.47. The minimum Gasteiger partial charge on any atom is -0.350 e. The first-order chi connectivity index (χ1) is 9.06. The molecule has 102 valence electrons. The van der Waals surface area contributed by atoms with E-state index < -0.39 is 6.04 Å². The lowest BCUT2D eigenvalue weighted by Crippen LogP contribution is -2.48. The van der Waals surface area contributed by atoms with Crippen molar-refractivity contribution in [1.82, 2.24) is 10.6 Å². The fraction of sp³-hybridized carbons (Fsp3) is 0.385. The number of halogens is 2. The van der Waals surface area contributed by atoms with Gasteiger partial charge < -0.3 is 10.6 Å². The van der Waals surface area contributed by atoms with E-state index in [1.165, 1.54) is 0 Å². The SMILES string of the molecule is O=C1CCCC(C(=O)NCc2ccc(Cl)cc2Cl)N1. The molecule has 0 radical (unpaired) electrons. The molecular formula is C13H14Cl2N2O2. The number of amides is 2. The molecule has 0 spiro atoms. The molecule has 1 unspecified atom stereocenters. The van der Waals surface area contributed by atoms with Crippen molar-refractivity contribution in [3.8, 4) is 0 Å². The molecule has 19 heavy (non-hydrogen) atoms. The van der Waals surface area contributed by atoms with E-state index in [1.54, 1.807) is 18.2 Å². The van der Waals surface area contributed by atoms with E-state index in [4.69, 9.17) is 23.2 Å². The van der Waals surface area contributed by atoms with Gasteiger partial charge in [0.05, 0.1) is 0 Å². The van der Waals surface area contributed by atoms with Gasteiger partial charge in [-0.1, -0.05) is 29.3 Å². The van der Waals surface area contributed by atoms with Crippen LogP contribution in [0, 0.1) is 0 Å². The molecule has 1 saturated heterocycles. The molecule has 2 rings (SSSR count). The fourth-order valence-electron chi connectivity index (χ4n) is 1.97. The number of carbonyl (C=O) groups is 2. The maximum absolute atomic E-state index is 11.9. The molecule has 6 heteroatoms. The van der Waals surface area contributed by atoms with Gasteiger partial charge >= 0.3 is 0 Å². The molecule has 2 N–H and O–H groups in total. The van der Waals surface area contributed by atoms with Crippen LogP contribution in [-0.4, -0.2) is 17.9 Å². The highest BCUT2D eigenvalue weighted by Gasteiger charge is 2.24. The van der Waals surface area contributed by atoms with Crippen molar-refractivity contribution in [2.24, 2.45) is 0 Å². The summed E-state index contributed by atoms with van der Waals surface area (Å²) in [6, 6.07) is 4.68. The van der Waals surface area contributed by atoms with E-state index >= 15 is 0 Å². The van der Waals surface area contributed by atoms with Gasteiger partial charge in [0.15, 0.2) is 0 Å². The van der Waals surface area contributed by atoms with Crippen LogP contribution in [0.1, 0.15) is 24.8 Å². The van der Waals surface area contributed by atoms with Gasteiger partial charge in [-0.2, -0.15) is 0 Å². The predicted molar refractivity (Wildman–Crippen MR) is 74.1 cm³/mol. The van der Waals surface area contributed by atoms with Crippen LogP contribution in [-0.2, 0) is 16.1 Å². The summed E-state index contributed by atoms with van der Waals surface area (Å²) in [4.78, 5) is 23.1. The zero-order chi connectivity index (χ0) is 13.8. The number of nitrogens with one attached hydrogen (secondary N) is 2. The molecule has 0 aromatic heterocycles. The minimum atomic E-state index is -0.438. The van der Waals surface area contributed by atoms with Crippen LogP contribution in [0.5, 0.6) is 0 Å². The summed E-state index contributed by atoms with van der Waals surface area (Å²) < 4.78 is 0. The maximum atomic E-state index is 11.9. The Morgan fingerprint density at radius 2 is 2.21 bits per heavy atom. The van der Waals surface area contributed by atoms with Gasteiger partial charge in [0, 0.05) is 23.0 Å². The monoisotopic (exact) mass is 300 g/mol. The van der Waals surface area contributed by atoms with Crippen molar-refractivity contribution in [1.29, 1.82) is 0 Å². The summed E-state index contributed by atoms with van der Waals surface area (Å²) in [7, 11) is 0. The minimum absolute atomic E-state index is 0.0732. The van der Waals surface area contributed by atoms with Crippen molar-refractivity contribution in [3.63, 3.8) is 0 Å². The molecular weight excluding hydrogens is 287 g/mol. The van der Waals surface area contributed by atoms with E-state index in [2.05, 4.69) is 10.6 Å². The number of hydrogen-bond donors (Lipinski definition) is 2. The third kappa shape index (κ3) is 3.85. The third-order valence-corrected chi connectivity index (χ3v) is 3.60. The molecule has 0 bridgehead atoms. The lowest BCUT2D eigenvalue weighted by molar-refractivity contribution is -0.131. The van der Waals surface area contributed by atoms with Crippen molar-refractivity contribution in [2.45, 2.75) is 31.8 Å². The fourth-order valence-corrected chi connectivity index (χ4v) is 2.45. The van der Waals surface area contributed by atoms with Crippen LogP contribution >= 0.6 is 23.2 Å². The Morgan fingerprint density at radius 3 is 2.89 bits per heavy atom. The molecule has 1 atom stereocenters. The number of carbonyl (C=O) groups excluding carboxylic acids is 2. The largest absolute Gasteiger partial charge is 0.350 e. The molecule has 2 amide bonds. The number of rotatable bonds is 3. The Balaban J connectivity index is 1.91. The summed E-state index contributed by atoms with van der Waals surface area (Å²) in [6.45, 7) is 0.321. The molecule has 1 aliphatic rings. The van der Waals surface area contributed by atoms with Crippen LogP contribution in [0.15, 0.2) is 18.2 Å². The first-order valence-electron chi connectivity index (χ1n) is 6.07. The van der Waals surface area contributed by atoms with Crippen molar-refractivity contribution in [2.75, 3.05) is 0 Å². The second kappa shape index (κ2) is 6.26. The van der Waals surface area contributed by atoms with Crippen LogP contribution in [0.2, 0.25) is 10.0 Å². The maximum Gasteiger partial charge on any atom is 0.242 e. The summed E-state index contributed by atoms with van der Waals surface area (Å²) in [5, 5.41) is 6.51. The van der Waals surface area contributed by atoms with Crippen LogP contribution in [0.3, 0.4) is 0 Å². The van der Waals surface area contributed by atoms with Gasteiger partial charge in [-0.25, -0.2) is 0 Å². The molecule has 1 aliphatic heterocycles. The van der Waals surface area contributed by atoms with E-state index in [-0.39, 0.29) is 11.8 Å². The lowest BCUT2D eigenvalue weighted by atomic mass is 10.0. The van der Waals surface area contributed by atoms with E-state index in [9.17, 15) is 9.59 Å². The van der Waals surface area contributed by atoms with Crippen molar-refractivity contribution in [3.05, 3.63) is 33.8 Å². The van der Waals surface area contributed by atoms with E-state index in [0.29, 0.717) is 29.4 Å². The third-order valence-electron chi connectivity index (χ3n) is 3.02. The van der Waals surface area contributed by atoms with Gasteiger partial charge in [-0.3, -0.25) is 9.59 Å². The topological polar surface area (TPSA) is 58.2 Å². The highest BCUT2D eigenvalue weighted by molar-refractivity contribution is 6.35. The summed E-state index contributed by atoms with van der Waals surface area (Å²) >= 11 is 11.8. The Hall–Kier alpha value is -1.26. The Labute approximate surface area is 121 Å². The molecule has 1 aromatic rings. The normalized spacial score (nSPS) is 18.8.